The summed E-state index contributed by atoms with van der Waals surface area (Å²) in [6.07, 6.45) is -1.55. The number of hydrogen-bond donors (Lipinski definition) is 4. The molecule has 1 aliphatic rings. The van der Waals surface area contributed by atoms with Gasteiger partial charge in [0.05, 0.1) is 30.3 Å². The highest BCUT2D eigenvalue weighted by atomic mass is 32.2. The van der Waals surface area contributed by atoms with E-state index < -0.39 is 39.8 Å². The van der Waals surface area contributed by atoms with Crippen molar-refractivity contribution in [2.24, 2.45) is 5.92 Å². The summed E-state index contributed by atoms with van der Waals surface area (Å²) >= 11 is 0. The fraction of sp³-hybridized carbons (Fsp3) is 0.480. The maximum Gasteiger partial charge on any atom is 0.407 e. The van der Waals surface area contributed by atoms with Crippen LogP contribution in [-0.4, -0.2) is 78.7 Å². The van der Waals surface area contributed by atoms with Crippen molar-refractivity contribution in [1.29, 1.82) is 0 Å². The van der Waals surface area contributed by atoms with Gasteiger partial charge >= 0.3 is 6.09 Å². The Balaban J connectivity index is 1.82. The third kappa shape index (κ3) is 7.57. The molecular weight excluding hydrogens is 488 g/mol. The quantitative estimate of drug-likeness (QED) is 0.329. The standard InChI is InChI=1S/C25H34N2O8S/c1-17(2)14-27(36(32,33)20-8-9-22(28)23(29)13-20)15-24(30)21(12-18-6-4-3-5-7-18)26-25(31)35-19-10-11-34-16-19/h3-9,13,17,19,21,24,28-30H,10-12,14-16H2,1-2H3,(H,26,31)/t19?,21-,24+/m0/s1. The van der Waals surface area contributed by atoms with Crippen LogP contribution in [0.5, 0.6) is 11.5 Å². The fourth-order valence-corrected chi connectivity index (χ4v) is 5.56. The number of phenolic OH excluding ortho intramolecular Hbond substituents is 2. The number of carbonyl (C=O) groups is 1. The van der Waals surface area contributed by atoms with Crippen LogP contribution in [0, 0.1) is 5.92 Å². The van der Waals surface area contributed by atoms with Gasteiger partial charge in [0, 0.05) is 25.6 Å². The molecule has 10 nitrogen and oxygen atoms in total. The largest absolute Gasteiger partial charge is 0.504 e. The monoisotopic (exact) mass is 522 g/mol. The Morgan fingerprint density at radius 3 is 2.47 bits per heavy atom. The lowest BCUT2D eigenvalue weighted by molar-refractivity contribution is 0.0644. The molecule has 3 rings (SSSR count). The Morgan fingerprint density at radius 2 is 1.86 bits per heavy atom. The third-order valence-electron chi connectivity index (χ3n) is 5.77. The molecule has 0 aromatic heterocycles. The summed E-state index contributed by atoms with van der Waals surface area (Å²) in [5, 5.41) is 33.3. The lowest BCUT2D eigenvalue weighted by atomic mass is 10.0. The minimum atomic E-state index is -4.14. The van der Waals surface area contributed by atoms with E-state index in [2.05, 4.69) is 5.32 Å². The smallest absolute Gasteiger partial charge is 0.407 e. The first-order chi connectivity index (χ1) is 17.1. The predicted molar refractivity (Wildman–Crippen MR) is 132 cm³/mol. The van der Waals surface area contributed by atoms with Crippen molar-refractivity contribution in [2.75, 3.05) is 26.3 Å². The number of ether oxygens (including phenoxy) is 2. The number of hydrogen-bond acceptors (Lipinski definition) is 8. The second-order valence-corrected chi connectivity index (χ2v) is 11.2. The normalized spacial score (nSPS) is 17.8. The second-order valence-electron chi connectivity index (χ2n) is 9.27. The van der Waals surface area contributed by atoms with Gasteiger partial charge in [-0.1, -0.05) is 44.2 Å². The van der Waals surface area contributed by atoms with Crippen LogP contribution in [0.3, 0.4) is 0 Å². The Morgan fingerprint density at radius 1 is 1.14 bits per heavy atom. The molecule has 4 N–H and O–H groups in total. The van der Waals surface area contributed by atoms with Gasteiger partial charge in [-0.25, -0.2) is 13.2 Å². The number of aliphatic hydroxyl groups is 1. The molecule has 36 heavy (non-hydrogen) atoms. The molecule has 1 aliphatic heterocycles. The molecule has 198 valence electrons. The maximum absolute atomic E-state index is 13.4. The third-order valence-corrected chi connectivity index (χ3v) is 7.60. The lowest BCUT2D eigenvalue weighted by Gasteiger charge is -2.30. The summed E-state index contributed by atoms with van der Waals surface area (Å²) in [7, 11) is -4.14. The van der Waals surface area contributed by atoms with Crippen molar-refractivity contribution in [1.82, 2.24) is 9.62 Å². The summed E-state index contributed by atoms with van der Waals surface area (Å²) in [5.41, 5.74) is 0.841. The first kappa shape index (κ1) is 27.7. The number of nitrogens with zero attached hydrogens (tertiary/aromatic N) is 1. The molecule has 1 unspecified atom stereocenters. The minimum Gasteiger partial charge on any atom is -0.504 e. The number of rotatable bonds is 11. The average molecular weight is 523 g/mol. The summed E-state index contributed by atoms with van der Waals surface area (Å²) in [4.78, 5) is 12.3. The zero-order valence-corrected chi connectivity index (χ0v) is 21.2. The molecule has 0 bridgehead atoms. The van der Waals surface area contributed by atoms with E-state index in [1.807, 2.05) is 44.2 Å². The van der Waals surface area contributed by atoms with E-state index in [9.17, 15) is 28.5 Å². The molecule has 3 atom stereocenters. The molecule has 0 aliphatic carbocycles. The van der Waals surface area contributed by atoms with E-state index in [4.69, 9.17) is 9.47 Å². The summed E-state index contributed by atoms with van der Waals surface area (Å²) < 4.78 is 38.5. The van der Waals surface area contributed by atoms with Crippen molar-refractivity contribution in [3.8, 4) is 11.5 Å². The van der Waals surface area contributed by atoms with Crippen molar-refractivity contribution in [3.05, 3.63) is 54.1 Å². The summed E-state index contributed by atoms with van der Waals surface area (Å²) in [6, 6.07) is 11.6. The number of alkyl carbamates (subject to hydrolysis) is 1. The van der Waals surface area contributed by atoms with E-state index in [-0.39, 0.29) is 36.4 Å². The van der Waals surface area contributed by atoms with Crippen LogP contribution in [0.2, 0.25) is 0 Å². The number of sulfonamides is 1. The van der Waals surface area contributed by atoms with Crippen LogP contribution in [-0.2, 0) is 25.9 Å². The number of benzene rings is 2. The van der Waals surface area contributed by atoms with E-state index in [1.165, 1.54) is 6.07 Å². The molecule has 0 saturated carbocycles. The first-order valence-corrected chi connectivity index (χ1v) is 13.3. The van der Waals surface area contributed by atoms with Crippen LogP contribution >= 0.6 is 0 Å². The predicted octanol–water partition coefficient (Wildman–Crippen LogP) is 2.23. The van der Waals surface area contributed by atoms with Gasteiger partial charge in [-0.05, 0) is 30.0 Å². The number of amides is 1. The van der Waals surface area contributed by atoms with Gasteiger partial charge in [-0.15, -0.1) is 0 Å². The first-order valence-electron chi connectivity index (χ1n) is 11.8. The number of phenols is 2. The average Bonchev–Trinajstić information content (AvgIpc) is 3.33. The van der Waals surface area contributed by atoms with E-state index in [1.54, 1.807) is 0 Å². The van der Waals surface area contributed by atoms with Gasteiger partial charge in [0.15, 0.2) is 11.5 Å². The Labute approximate surface area is 211 Å². The van der Waals surface area contributed by atoms with Crippen LogP contribution in [0.25, 0.3) is 0 Å². The van der Waals surface area contributed by atoms with Crippen molar-refractivity contribution < 1.29 is 38.0 Å². The highest BCUT2D eigenvalue weighted by Gasteiger charge is 2.32. The van der Waals surface area contributed by atoms with E-state index in [0.29, 0.717) is 19.6 Å². The van der Waals surface area contributed by atoms with Crippen molar-refractivity contribution in [2.45, 2.75) is 49.8 Å². The molecular formula is C25H34N2O8S. The minimum absolute atomic E-state index is 0.0782. The fourth-order valence-electron chi connectivity index (χ4n) is 3.92. The molecule has 1 fully saturated rings. The lowest BCUT2D eigenvalue weighted by Crippen LogP contribution is -2.51. The highest BCUT2D eigenvalue weighted by molar-refractivity contribution is 7.89. The van der Waals surface area contributed by atoms with E-state index in [0.717, 1.165) is 22.0 Å². The SMILES string of the molecule is CC(C)CN(C[C@@H](O)[C@H](Cc1ccccc1)NC(=O)OC1CCOC1)S(=O)(=O)c1ccc(O)c(O)c1. The highest BCUT2D eigenvalue weighted by Crippen LogP contribution is 2.29. The van der Waals surface area contributed by atoms with Gasteiger partial charge < -0.3 is 30.1 Å². The number of aromatic hydroxyl groups is 2. The van der Waals surface area contributed by atoms with Gasteiger partial charge in [0.25, 0.3) is 0 Å². The Hall–Kier alpha value is -2.86. The molecule has 2 aromatic carbocycles. The second kappa shape index (κ2) is 12.4. The zero-order chi connectivity index (χ0) is 26.3. The molecule has 0 radical (unpaired) electrons. The van der Waals surface area contributed by atoms with Gasteiger partial charge in [-0.3, -0.25) is 0 Å². The number of nitrogens with one attached hydrogen (secondary N) is 1. The number of aliphatic hydroxyl groups excluding tert-OH is 1. The molecule has 1 heterocycles. The molecule has 2 aromatic rings. The molecule has 0 spiro atoms. The van der Waals surface area contributed by atoms with Crippen molar-refractivity contribution >= 4 is 16.1 Å². The van der Waals surface area contributed by atoms with Gasteiger partial charge in [0.2, 0.25) is 10.0 Å². The summed E-state index contributed by atoms with van der Waals surface area (Å²) in [6.45, 7) is 4.26. The van der Waals surface area contributed by atoms with E-state index >= 15 is 0 Å². The van der Waals surface area contributed by atoms with Crippen molar-refractivity contribution in [3.63, 3.8) is 0 Å². The maximum atomic E-state index is 13.4. The zero-order valence-electron chi connectivity index (χ0n) is 20.4. The van der Waals surface area contributed by atoms with Crippen LogP contribution < -0.4 is 5.32 Å². The summed E-state index contributed by atoms with van der Waals surface area (Å²) in [5.74, 6) is -1.09. The van der Waals surface area contributed by atoms with Crippen LogP contribution in [0.4, 0.5) is 4.79 Å². The van der Waals surface area contributed by atoms with Gasteiger partial charge in [0.1, 0.15) is 6.10 Å². The Kier molecular flexibility index (Phi) is 9.55. The number of carbonyl (C=O) groups excluding carboxylic acids is 1. The Bertz CT molecular complexity index is 1100. The van der Waals surface area contributed by atoms with Crippen LogP contribution in [0.1, 0.15) is 25.8 Å². The molecule has 1 amide bonds. The van der Waals surface area contributed by atoms with Gasteiger partial charge in [-0.2, -0.15) is 4.31 Å². The van der Waals surface area contributed by atoms with Crippen LogP contribution in [0.15, 0.2) is 53.4 Å². The molecule has 11 heteroatoms. The topological polar surface area (TPSA) is 146 Å². The molecule has 1 saturated heterocycles.